The smallest absolute Gasteiger partial charge is 0.340 e. The average Bonchev–Trinajstić information content (AvgIpc) is 2.71. The molecular formula is C20H21N3O6. The number of nitrogens with zero attached hydrogens (tertiary/aromatic N) is 1. The molecule has 2 rings (SSSR count). The Bertz CT molecular complexity index is 924. The van der Waals surface area contributed by atoms with E-state index in [0.717, 1.165) is 12.5 Å². The number of carbonyl (C=O) groups is 3. The fourth-order valence-electron chi connectivity index (χ4n) is 2.51. The average molecular weight is 399 g/mol. The molecule has 0 saturated heterocycles. The SMILES string of the molecule is CCCC(=O)Nc1ccc(C(=O)COC(=O)c2cc([N+](=O)[O-])ccc2NC)cc1. The lowest BCUT2D eigenvalue weighted by Gasteiger charge is -2.09. The summed E-state index contributed by atoms with van der Waals surface area (Å²) in [6, 6.07) is 9.95. The first kappa shape index (κ1) is 21.5. The molecule has 1 amide bonds. The number of amides is 1. The Morgan fingerprint density at radius 3 is 2.38 bits per heavy atom. The van der Waals surface area contributed by atoms with E-state index in [0.29, 0.717) is 23.4 Å². The minimum absolute atomic E-state index is 0.0384. The van der Waals surface area contributed by atoms with Crippen molar-refractivity contribution in [2.75, 3.05) is 24.3 Å². The molecule has 152 valence electrons. The minimum atomic E-state index is -0.852. The first-order valence-corrected chi connectivity index (χ1v) is 8.92. The monoisotopic (exact) mass is 399 g/mol. The number of rotatable bonds is 9. The summed E-state index contributed by atoms with van der Waals surface area (Å²) in [4.78, 5) is 46.4. The zero-order chi connectivity index (χ0) is 21.4. The normalized spacial score (nSPS) is 10.1. The summed E-state index contributed by atoms with van der Waals surface area (Å²) in [5.74, 6) is -1.41. The van der Waals surface area contributed by atoms with Crippen molar-refractivity contribution in [3.05, 3.63) is 63.7 Å². The number of anilines is 2. The first-order valence-electron chi connectivity index (χ1n) is 8.92. The summed E-state index contributed by atoms with van der Waals surface area (Å²) in [6.45, 7) is 1.38. The van der Waals surface area contributed by atoms with Crippen LogP contribution >= 0.6 is 0 Å². The van der Waals surface area contributed by atoms with E-state index >= 15 is 0 Å². The van der Waals surface area contributed by atoms with E-state index in [1.165, 1.54) is 24.3 Å². The molecule has 2 aromatic carbocycles. The standard InChI is InChI=1S/C20H21N3O6/c1-3-4-19(25)22-14-7-5-13(6-8-14)18(24)12-29-20(26)16-11-15(23(27)28)9-10-17(16)21-2/h5-11,21H,3-4,12H2,1-2H3,(H,22,25). The lowest BCUT2D eigenvalue weighted by molar-refractivity contribution is -0.384. The van der Waals surface area contributed by atoms with Crippen LogP contribution in [0.5, 0.6) is 0 Å². The number of esters is 1. The fourth-order valence-corrected chi connectivity index (χ4v) is 2.51. The molecule has 29 heavy (non-hydrogen) atoms. The summed E-state index contributed by atoms with van der Waals surface area (Å²) in [5.41, 5.74) is 0.915. The Hall–Kier alpha value is -3.75. The quantitative estimate of drug-likeness (QED) is 0.286. The zero-order valence-electron chi connectivity index (χ0n) is 16.1. The van der Waals surface area contributed by atoms with Crippen LogP contribution in [0.3, 0.4) is 0 Å². The van der Waals surface area contributed by atoms with Crippen LogP contribution in [-0.2, 0) is 9.53 Å². The third-order valence-electron chi connectivity index (χ3n) is 4.01. The van der Waals surface area contributed by atoms with E-state index in [1.54, 1.807) is 19.2 Å². The van der Waals surface area contributed by atoms with Crippen LogP contribution in [0.2, 0.25) is 0 Å². The Kier molecular flexibility index (Phi) is 7.41. The number of hydrogen-bond donors (Lipinski definition) is 2. The van der Waals surface area contributed by atoms with Gasteiger partial charge in [-0.25, -0.2) is 4.79 Å². The third kappa shape index (κ3) is 5.86. The molecule has 0 aliphatic rings. The molecule has 0 heterocycles. The molecule has 9 heteroatoms. The largest absolute Gasteiger partial charge is 0.454 e. The van der Waals surface area contributed by atoms with Crippen LogP contribution < -0.4 is 10.6 Å². The summed E-state index contributed by atoms with van der Waals surface area (Å²) in [7, 11) is 1.56. The molecule has 0 atom stereocenters. The van der Waals surface area contributed by atoms with Crippen LogP contribution in [-0.4, -0.2) is 36.2 Å². The molecule has 2 N–H and O–H groups in total. The van der Waals surface area contributed by atoms with Crippen molar-refractivity contribution in [1.29, 1.82) is 0 Å². The van der Waals surface area contributed by atoms with Crippen molar-refractivity contribution in [2.45, 2.75) is 19.8 Å². The molecule has 0 aliphatic carbocycles. The second-order valence-electron chi connectivity index (χ2n) is 6.11. The first-order chi connectivity index (χ1) is 13.8. The van der Waals surface area contributed by atoms with Gasteiger partial charge in [-0.05, 0) is 36.8 Å². The third-order valence-corrected chi connectivity index (χ3v) is 4.01. The molecule has 0 fully saturated rings. The van der Waals surface area contributed by atoms with Crippen LogP contribution in [0.4, 0.5) is 17.1 Å². The van der Waals surface area contributed by atoms with Crippen LogP contribution in [0.25, 0.3) is 0 Å². The second-order valence-corrected chi connectivity index (χ2v) is 6.11. The number of nitro groups is 1. The highest BCUT2D eigenvalue weighted by Gasteiger charge is 2.19. The van der Waals surface area contributed by atoms with E-state index in [1.807, 2.05) is 6.92 Å². The number of carbonyl (C=O) groups excluding carboxylic acids is 3. The summed E-state index contributed by atoms with van der Waals surface area (Å²) < 4.78 is 5.03. The van der Waals surface area contributed by atoms with Crippen molar-refractivity contribution in [3.8, 4) is 0 Å². The van der Waals surface area contributed by atoms with Gasteiger partial charge >= 0.3 is 5.97 Å². The number of ether oxygens (including phenoxy) is 1. The Morgan fingerprint density at radius 1 is 1.10 bits per heavy atom. The maximum absolute atomic E-state index is 12.3. The van der Waals surface area contributed by atoms with E-state index in [2.05, 4.69) is 10.6 Å². The molecule has 0 radical (unpaired) electrons. The number of non-ortho nitro benzene ring substituents is 1. The Morgan fingerprint density at radius 2 is 1.79 bits per heavy atom. The number of nitrogens with one attached hydrogen (secondary N) is 2. The zero-order valence-corrected chi connectivity index (χ0v) is 16.1. The molecular weight excluding hydrogens is 378 g/mol. The molecule has 0 unspecified atom stereocenters. The second kappa shape index (κ2) is 9.98. The van der Waals surface area contributed by atoms with Gasteiger partial charge in [0.15, 0.2) is 12.4 Å². The van der Waals surface area contributed by atoms with Gasteiger partial charge in [-0.3, -0.25) is 19.7 Å². The van der Waals surface area contributed by atoms with Crippen molar-refractivity contribution >= 4 is 34.7 Å². The summed E-state index contributed by atoms with van der Waals surface area (Å²) in [6.07, 6.45) is 1.14. The van der Waals surface area contributed by atoms with Crippen LogP contribution in [0.1, 0.15) is 40.5 Å². The molecule has 0 aliphatic heterocycles. The molecule has 0 saturated carbocycles. The Balaban J connectivity index is 2.01. The predicted molar refractivity (Wildman–Crippen MR) is 107 cm³/mol. The predicted octanol–water partition coefficient (Wildman–Crippen LogP) is 3.41. The number of benzene rings is 2. The van der Waals surface area contributed by atoms with Gasteiger partial charge in [-0.2, -0.15) is 0 Å². The molecule has 0 bridgehead atoms. The highest BCUT2D eigenvalue weighted by molar-refractivity contribution is 6.01. The minimum Gasteiger partial charge on any atom is -0.454 e. The van der Waals surface area contributed by atoms with Gasteiger partial charge in [-0.1, -0.05) is 6.92 Å². The lowest BCUT2D eigenvalue weighted by atomic mass is 10.1. The summed E-state index contributed by atoms with van der Waals surface area (Å²) >= 11 is 0. The van der Waals surface area contributed by atoms with Crippen molar-refractivity contribution in [3.63, 3.8) is 0 Å². The number of nitro benzene ring substituents is 1. The maximum atomic E-state index is 12.3. The van der Waals surface area contributed by atoms with Crippen LogP contribution in [0, 0.1) is 10.1 Å². The van der Waals surface area contributed by atoms with Crippen molar-refractivity contribution in [1.82, 2.24) is 0 Å². The van der Waals surface area contributed by atoms with Gasteiger partial charge in [0, 0.05) is 42.5 Å². The van der Waals surface area contributed by atoms with Gasteiger partial charge in [0.1, 0.15) is 0 Å². The van der Waals surface area contributed by atoms with Gasteiger partial charge in [0.05, 0.1) is 10.5 Å². The maximum Gasteiger partial charge on any atom is 0.340 e. The van der Waals surface area contributed by atoms with Crippen molar-refractivity contribution in [2.24, 2.45) is 0 Å². The number of Topliss-reactive ketones (excluding diaryl/α,β-unsaturated/α-hetero) is 1. The van der Waals surface area contributed by atoms with E-state index < -0.39 is 23.3 Å². The van der Waals surface area contributed by atoms with Gasteiger partial charge in [-0.15, -0.1) is 0 Å². The molecule has 2 aromatic rings. The van der Waals surface area contributed by atoms with E-state index in [-0.39, 0.29) is 17.2 Å². The highest BCUT2D eigenvalue weighted by Crippen LogP contribution is 2.22. The van der Waals surface area contributed by atoms with Gasteiger partial charge < -0.3 is 15.4 Å². The van der Waals surface area contributed by atoms with Crippen molar-refractivity contribution < 1.29 is 24.0 Å². The molecule has 9 nitrogen and oxygen atoms in total. The van der Waals surface area contributed by atoms with Gasteiger partial charge in [0.25, 0.3) is 5.69 Å². The van der Waals surface area contributed by atoms with E-state index in [4.69, 9.17) is 4.74 Å². The fraction of sp³-hybridized carbons (Fsp3) is 0.250. The topological polar surface area (TPSA) is 128 Å². The summed E-state index contributed by atoms with van der Waals surface area (Å²) in [5, 5.41) is 16.4. The Labute approximate surface area is 167 Å². The number of hydrogen-bond acceptors (Lipinski definition) is 7. The van der Waals surface area contributed by atoms with Crippen LogP contribution in [0.15, 0.2) is 42.5 Å². The van der Waals surface area contributed by atoms with Gasteiger partial charge in [0.2, 0.25) is 5.91 Å². The lowest BCUT2D eigenvalue weighted by Crippen LogP contribution is -2.16. The molecule has 0 spiro atoms. The highest BCUT2D eigenvalue weighted by atomic mass is 16.6. The number of ketones is 1. The van der Waals surface area contributed by atoms with E-state index in [9.17, 15) is 24.5 Å². The molecule has 0 aromatic heterocycles.